The Hall–Kier alpha value is -3.33. The SMILES string of the molecule is O=C(Nc1ccc(=O)n(Cc2ccccc2Cl)c1)c1cccnc1OCC(F)(F)F. The summed E-state index contributed by atoms with van der Waals surface area (Å²) >= 11 is 6.12. The second-order valence-corrected chi connectivity index (χ2v) is 6.60. The number of carbonyl (C=O) groups excluding carboxylic acids is 1. The van der Waals surface area contributed by atoms with Crippen LogP contribution in [-0.2, 0) is 6.54 Å². The number of amides is 1. The second kappa shape index (κ2) is 9.00. The Labute approximate surface area is 173 Å². The number of rotatable bonds is 6. The van der Waals surface area contributed by atoms with Gasteiger partial charge in [0.15, 0.2) is 6.61 Å². The fourth-order valence-corrected chi connectivity index (χ4v) is 2.76. The molecule has 1 N–H and O–H groups in total. The van der Waals surface area contributed by atoms with Gasteiger partial charge in [0.2, 0.25) is 5.88 Å². The summed E-state index contributed by atoms with van der Waals surface area (Å²) in [4.78, 5) is 28.4. The zero-order chi connectivity index (χ0) is 21.7. The highest BCUT2D eigenvalue weighted by atomic mass is 35.5. The standard InChI is InChI=1S/C20H15ClF3N3O3/c21-16-6-2-1-4-13(16)10-27-11-14(7-8-17(27)28)26-18(29)15-5-3-9-25-19(15)30-12-20(22,23)24/h1-9,11H,10,12H2,(H,26,29). The Bertz CT molecular complexity index is 1120. The number of ether oxygens (including phenoxy) is 1. The van der Waals surface area contributed by atoms with E-state index in [9.17, 15) is 22.8 Å². The van der Waals surface area contributed by atoms with E-state index in [2.05, 4.69) is 15.0 Å². The van der Waals surface area contributed by atoms with Crippen LogP contribution in [0.2, 0.25) is 5.02 Å². The number of nitrogens with zero attached hydrogens (tertiary/aromatic N) is 2. The number of halogens is 4. The summed E-state index contributed by atoms with van der Waals surface area (Å²) in [5, 5.41) is 3.02. The Morgan fingerprint density at radius 2 is 1.90 bits per heavy atom. The average molecular weight is 438 g/mol. The second-order valence-electron chi connectivity index (χ2n) is 6.19. The van der Waals surface area contributed by atoms with E-state index in [0.717, 1.165) is 0 Å². The van der Waals surface area contributed by atoms with Gasteiger partial charge in [0.05, 0.1) is 12.2 Å². The van der Waals surface area contributed by atoms with Crippen molar-refractivity contribution < 1.29 is 22.7 Å². The highest BCUT2D eigenvalue weighted by Crippen LogP contribution is 2.21. The largest absolute Gasteiger partial charge is 0.467 e. The Morgan fingerprint density at radius 3 is 2.63 bits per heavy atom. The van der Waals surface area contributed by atoms with Crippen LogP contribution in [0.5, 0.6) is 5.88 Å². The minimum absolute atomic E-state index is 0.175. The lowest BCUT2D eigenvalue weighted by atomic mass is 10.2. The molecule has 0 bridgehead atoms. The first-order valence-electron chi connectivity index (χ1n) is 8.63. The fourth-order valence-electron chi connectivity index (χ4n) is 2.57. The van der Waals surface area contributed by atoms with E-state index in [-0.39, 0.29) is 23.4 Å². The summed E-state index contributed by atoms with van der Waals surface area (Å²) < 4.78 is 43.2. The third-order valence-electron chi connectivity index (χ3n) is 3.93. The molecule has 0 fully saturated rings. The summed E-state index contributed by atoms with van der Waals surface area (Å²) in [6, 6.07) is 12.3. The minimum atomic E-state index is -4.57. The molecule has 2 aromatic heterocycles. The lowest BCUT2D eigenvalue weighted by molar-refractivity contribution is -0.154. The number of hydrogen-bond acceptors (Lipinski definition) is 4. The quantitative estimate of drug-likeness (QED) is 0.629. The minimum Gasteiger partial charge on any atom is -0.467 e. The lowest BCUT2D eigenvalue weighted by Gasteiger charge is -2.13. The van der Waals surface area contributed by atoms with Gasteiger partial charge in [0, 0.05) is 23.5 Å². The monoisotopic (exact) mass is 437 g/mol. The molecule has 0 aliphatic heterocycles. The van der Waals surface area contributed by atoms with Crippen molar-refractivity contribution in [3.8, 4) is 5.88 Å². The fraction of sp³-hybridized carbons (Fsp3) is 0.150. The number of nitrogens with one attached hydrogen (secondary N) is 1. The van der Waals surface area contributed by atoms with Crippen LogP contribution in [0.4, 0.5) is 18.9 Å². The van der Waals surface area contributed by atoms with Crippen LogP contribution >= 0.6 is 11.6 Å². The van der Waals surface area contributed by atoms with Crippen molar-refractivity contribution in [2.75, 3.05) is 11.9 Å². The predicted molar refractivity (Wildman–Crippen MR) is 105 cm³/mol. The van der Waals surface area contributed by atoms with Gasteiger partial charge in [-0.2, -0.15) is 13.2 Å². The van der Waals surface area contributed by atoms with Crippen LogP contribution in [0.3, 0.4) is 0 Å². The van der Waals surface area contributed by atoms with Gasteiger partial charge in [0.1, 0.15) is 5.56 Å². The number of anilines is 1. The zero-order valence-corrected chi connectivity index (χ0v) is 16.1. The molecular weight excluding hydrogens is 423 g/mol. The van der Waals surface area contributed by atoms with E-state index >= 15 is 0 Å². The molecule has 0 aliphatic rings. The first-order chi connectivity index (χ1) is 14.2. The normalized spacial score (nSPS) is 11.2. The van der Waals surface area contributed by atoms with Crippen molar-refractivity contribution in [3.63, 3.8) is 0 Å². The number of carbonyl (C=O) groups is 1. The average Bonchev–Trinajstić information content (AvgIpc) is 2.70. The number of benzene rings is 1. The van der Waals surface area contributed by atoms with E-state index < -0.39 is 24.6 Å². The molecule has 0 saturated carbocycles. The van der Waals surface area contributed by atoms with Crippen LogP contribution in [-0.4, -0.2) is 28.2 Å². The maximum atomic E-state index is 12.5. The van der Waals surface area contributed by atoms with Crippen molar-refractivity contribution in [1.29, 1.82) is 0 Å². The highest BCUT2D eigenvalue weighted by Gasteiger charge is 2.29. The van der Waals surface area contributed by atoms with Crippen LogP contribution in [0, 0.1) is 0 Å². The summed E-state index contributed by atoms with van der Waals surface area (Å²) in [7, 11) is 0. The number of pyridine rings is 2. The van der Waals surface area contributed by atoms with Crippen LogP contribution in [0.15, 0.2) is 65.7 Å². The maximum Gasteiger partial charge on any atom is 0.422 e. The summed E-state index contributed by atoms with van der Waals surface area (Å²) in [5.41, 5.74) is 0.478. The van der Waals surface area contributed by atoms with Gasteiger partial charge in [-0.15, -0.1) is 0 Å². The molecule has 30 heavy (non-hydrogen) atoms. The molecule has 0 radical (unpaired) electrons. The van der Waals surface area contributed by atoms with E-state index in [0.29, 0.717) is 10.6 Å². The molecular formula is C20H15ClF3N3O3. The van der Waals surface area contributed by atoms with Crippen molar-refractivity contribution in [1.82, 2.24) is 9.55 Å². The van der Waals surface area contributed by atoms with Gasteiger partial charge < -0.3 is 14.6 Å². The van der Waals surface area contributed by atoms with Crippen LogP contribution < -0.4 is 15.6 Å². The highest BCUT2D eigenvalue weighted by molar-refractivity contribution is 6.31. The Kier molecular flexibility index (Phi) is 6.41. The van der Waals surface area contributed by atoms with Gasteiger partial charge in [-0.1, -0.05) is 29.8 Å². The van der Waals surface area contributed by atoms with E-state index in [1.165, 1.54) is 41.2 Å². The van der Waals surface area contributed by atoms with E-state index in [1.54, 1.807) is 24.3 Å². The molecule has 0 atom stereocenters. The predicted octanol–water partition coefficient (Wildman–Crippen LogP) is 4.14. The van der Waals surface area contributed by atoms with Crippen molar-refractivity contribution >= 4 is 23.2 Å². The third-order valence-corrected chi connectivity index (χ3v) is 4.30. The Balaban J connectivity index is 1.80. The number of hydrogen-bond donors (Lipinski definition) is 1. The first-order valence-corrected chi connectivity index (χ1v) is 9.00. The van der Waals surface area contributed by atoms with Gasteiger partial charge in [-0.05, 0) is 29.8 Å². The molecule has 0 spiro atoms. The molecule has 2 heterocycles. The molecule has 3 rings (SSSR count). The van der Waals surface area contributed by atoms with E-state index in [4.69, 9.17) is 11.6 Å². The molecule has 1 aromatic carbocycles. The molecule has 156 valence electrons. The molecule has 6 nitrogen and oxygen atoms in total. The summed E-state index contributed by atoms with van der Waals surface area (Å²) in [6.07, 6.45) is -1.94. The third kappa shape index (κ3) is 5.60. The topological polar surface area (TPSA) is 73.2 Å². The van der Waals surface area contributed by atoms with Gasteiger partial charge >= 0.3 is 6.18 Å². The van der Waals surface area contributed by atoms with Crippen molar-refractivity contribution in [2.45, 2.75) is 12.7 Å². The Morgan fingerprint density at radius 1 is 1.13 bits per heavy atom. The van der Waals surface area contributed by atoms with Gasteiger partial charge in [-0.25, -0.2) is 4.98 Å². The molecule has 3 aromatic rings. The number of aromatic nitrogens is 2. The van der Waals surface area contributed by atoms with Crippen molar-refractivity contribution in [2.24, 2.45) is 0 Å². The molecule has 0 saturated heterocycles. The van der Waals surface area contributed by atoms with Crippen LogP contribution in [0.25, 0.3) is 0 Å². The first kappa shape index (κ1) is 21.4. The number of alkyl halides is 3. The zero-order valence-electron chi connectivity index (χ0n) is 15.3. The van der Waals surface area contributed by atoms with E-state index in [1.807, 2.05) is 0 Å². The summed E-state index contributed by atoms with van der Waals surface area (Å²) in [5.74, 6) is -1.18. The summed E-state index contributed by atoms with van der Waals surface area (Å²) in [6.45, 7) is -1.40. The smallest absolute Gasteiger partial charge is 0.422 e. The van der Waals surface area contributed by atoms with Crippen molar-refractivity contribution in [3.05, 3.63) is 87.4 Å². The maximum absolute atomic E-state index is 12.5. The van der Waals surface area contributed by atoms with Gasteiger partial charge in [0.25, 0.3) is 11.5 Å². The molecule has 10 heteroatoms. The van der Waals surface area contributed by atoms with Gasteiger partial charge in [-0.3, -0.25) is 9.59 Å². The molecule has 0 aliphatic carbocycles. The molecule has 0 unspecified atom stereocenters. The lowest BCUT2D eigenvalue weighted by Crippen LogP contribution is -2.23. The molecule has 1 amide bonds. The van der Waals surface area contributed by atoms with Crippen LogP contribution in [0.1, 0.15) is 15.9 Å².